The van der Waals surface area contributed by atoms with Gasteiger partial charge >= 0.3 is 5.69 Å². The largest absolute Gasteiger partial charge is 0.490 e. The van der Waals surface area contributed by atoms with Crippen LogP contribution in [0.2, 0.25) is 0 Å². The number of nitro benzene ring substituents is 1. The summed E-state index contributed by atoms with van der Waals surface area (Å²) in [5.41, 5.74) is 1.72. The Bertz CT molecular complexity index is 610. The van der Waals surface area contributed by atoms with Crippen LogP contribution >= 0.6 is 11.3 Å². The molecule has 1 N–H and O–H groups in total. The van der Waals surface area contributed by atoms with E-state index in [0.29, 0.717) is 12.2 Å². The second kappa shape index (κ2) is 6.38. The Morgan fingerprint density at radius 3 is 2.85 bits per heavy atom. The number of nitrogens with one attached hydrogen (secondary N) is 1. The topological polar surface area (TPSA) is 64.4 Å². The molecule has 1 heterocycles. The number of nitro groups is 1. The molecule has 0 unspecified atom stereocenters. The molecule has 0 amide bonds. The third-order valence-electron chi connectivity index (χ3n) is 3.06. The summed E-state index contributed by atoms with van der Waals surface area (Å²) in [6, 6.07) is 7.11. The SMILES string of the molecule is CCc1ccsc1CNc1cccc(OC)c1[N+](=O)[O-]. The van der Waals surface area contributed by atoms with Gasteiger partial charge in [-0.3, -0.25) is 10.1 Å². The average molecular weight is 292 g/mol. The van der Waals surface area contributed by atoms with Crippen molar-refractivity contribution < 1.29 is 9.66 Å². The molecule has 0 saturated heterocycles. The zero-order valence-corrected chi connectivity index (χ0v) is 12.2. The zero-order chi connectivity index (χ0) is 14.5. The number of nitrogens with zero attached hydrogens (tertiary/aromatic N) is 1. The van der Waals surface area contributed by atoms with Crippen LogP contribution in [0.3, 0.4) is 0 Å². The van der Waals surface area contributed by atoms with Crippen molar-refractivity contribution in [3.05, 3.63) is 50.2 Å². The smallest absolute Gasteiger partial charge is 0.333 e. The molecule has 106 valence electrons. The van der Waals surface area contributed by atoms with Crippen LogP contribution in [0, 0.1) is 10.1 Å². The molecule has 1 aromatic carbocycles. The third kappa shape index (κ3) is 2.91. The van der Waals surface area contributed by atoms with Gasteiger partial charge in [-0.25, -0.2) is 0 Å². The fourth-order valence-electron chi connectivity index (χ4n) is 2.03. The van der Waals surface area contributed by atoms with Crippen LogP contribution in [0.1, 0.15) is 17.4 Å². The Balaban J connectivity index is 2.23. The van der Waals surface area contributed by atoms with Gasteiger partial charge in [-0.2, -0.15) is 0 Å². The molecule has 0 radical (unpaired) electrons. The lowest BCUT2D eigenvalue weighted by Crippen LogP contribution is -2.04. The highest BCUT2D eigenvalue weighted by molar-refractivity contribution is 7.10. The van der Waals surface area contributed by atoms with Gasteiger partial charge in [-0.05, 0) is 35.6 Å². The minimum Gasteiger partial charge on any atom is -0.490 e. The summed E-state index contributed by atoms with van der Waals surface area (Å²) in [6.45, 7) is 2.67. The first kappa shape index (κ1) is 14.3. The quantitative estimate of drug-likeness (QED) is 0.649. The van der Waals surface area contributed by atoms with Crippen molar-refractivity contribution in [3.8, 4) is 5.75 Å². The number of thiophene rings is 1. The number of rotatable bonds is 6. The molecule has 2 aromatic rings. The number of hydrogen-bond donors (Lipinski definition) is 1. The van der Waals surface area contributed by atoms with Crippen LogP contribution in [0.4, 0.5) is 11.4 Å². The lowest BCUT2D eigenvalue weighted by atomic mass is 10.2. The first-order chi connectivity index (χ1) is 9.67. The van der Waals surface area contributed by atoms with E-state index in [1.807, 2.05) is 5.38 Å². The van der Waals surface area contributed by atoms with Crippen molar-refractivity contribution in [2.45, 2.75) is 19.9 Å². The lowest BCUT2D eigenvalue weighted by Gasteiger charge is -2.09. The van der Waals surface area contributed by atoms with Gasteiger partial charge in [0.25, 0.3) is 0 Å². The first-order valence-electron chi connectivity index (χ1n) is 6.27. The first-order valence-corrected chi connectivity index (χ1v) is 7.15. The van der Waals surface area contributed by atoms with E-state index in [9.17, 15) is 10.1 Å². The van der Waals surface area contributed by atoms with Gasteiger partial charge in [0.05, 0.1) is 12.0 Å². The van der Waals surface area contributed by atoms with E-state index in [1.165, 1.54) is 17.6 Å². The number of benzene rings is 1. The molecule has 0 saturated carbocycles. The van der Waals surface area contributed by atoms with Gasteiger partial charge in [0, 0.05) is 11.4 Å². The molecule has 20 heavy (non-hydrogen) atoms. The van der Waals surface area contributed by atoms with Crippen LogP contribution in [0.15, 0.2) is 29.6 Å². The van der Waals surface area contributed by atoms with Gasteiger partial charge in [-0.15, -0.1) is 11.3 Å². The van der Waals surface area contributed by atoms with E-state index in [-0.39, 0.29) is 11.4 Å². The Morgan fingerprint density at radius 2 is 2.20 bits per heavy atom. The highest BCUT2D eigenvalue weighted by Gasteiger charge is 2.20. The predicted molar refractivity (Wildman–Crippen MR) is 80.7 cm³/mol. The summed E-state index contributed by atoms with van der Waals surface area (Å²) >= 11 is 1.65. The predicted octanol–water partition coefficient (Wildman–Crippen LogP) is 3.84. The monoisotopic (exact) mass is 292 g/mol. The summed E-state index contributed by atoms with van der Waals surface area (Å²) < 4.78 is 5.05. The summed E-state index contributed by atoms with van der Waals surface area (Å²) in [4.78, 5) is 12.0. The summed E-state index contributed by atoms with van der Waals surface area (Å²) in [7, 11) is 1.43. The highest BCUT2D eigenvalue weighted by atomic mass is 32.1. The number of hydrogen-bond acceptors (Lipinski definition) is 5. The van der Waals surface area contributed by atoms with Gasteiger partial charge in [-0.1, -0.05) is 13.0 Å². The summed E-state index contributed by atoms with van der Waals surface area (Å²) in [5.74, 6) is 0.266. The Morgan fingerprint density at radius 1 is 1.40 bits per heavy atom. The maximum atomic E-state index is 11.2. The molecule has 0 bridgehead atoms. The number of methoxy groups -OCH3 is 1. The van der Waals surface area contributed by atoms with E-state index in [4.69, 9.17) is 4.74 Å². The van der Waals surface area contributed by atoms with E-state index in [2.05, 4.69) is 18.3 Å². The van der Waals surface area contributed by atoms with Crippen molar-refractivity contribution in [3.63, 3.8) is 0 Å². The molecule has 0 fully saturated rings. The second-order valence-electron chi connectivity index (χ2n) is 4.19. The Labute approximate surface area is 121 Å². The average Bonchev–Trinajstić information content (AvgIpc) is 2.91. The Kier molecular flexibility index (Phi) is 4.57. The molecular weight excluding hydrogens is 276 g/mol. The van der Waals surface area contributed by atoms with Gasteiger partial charge in [0.1, 0.15) is 5.69 Å². The molecule has 0 atom stereocenters. The van der Waals surface area contributed by atoms with Crippen molar-refractivity contribution in [1.29, 1.82) is 0 Å². The Hall–Kier alpha value is -2.08. The minimum absolute atomic E-state index is 0.0235. The normalized spacial score (nSPS) is 10.3. The zero-order valence-electron chi connectivity index (χ0n) is 11.4. The van der Waals surface area contributed by atoms with E-state index in [0.717, 1.165) is 6.42 Å². The number of para-hydroxylation sites is 1. The van der Waals surface area contributed by atoms with Crippen molar-refractivity contribution in [2.24, 2.45) is 0 Å². The molecule has 5 nitrogen and oxygen atoms in total. The van der Waals surface area contributed by atoms with Crippen molar-refractivity contribution in [2.75, 3.05) is 12.4 Å². The fourth-order valence-corrected chi connectivity index (χ4v) is 2.95. The standard InChI is InChI=1S/C14H16N2O3S/c1-3-10-7-8-20-13(10)9-15-11-5-4-6-12(19-2)14(11)16(17)18/h4-8,15H,3,9H2,1-2H3. The molecule has 6 heteroatoms. The van der Waals surface area contributed by atoms with Gasteiger partial charge in [0.15, 0.2) is 5.75 Å². The number of anilines is 1. The van der Waals surface area contributed by atoms with E-state index >= 15 is 0 Å². The molecule has 1 aromatic heterocycles. The lowest BCUT2D eigenvalue weighted by molar-refractivity contribution is -0.384. The number of ether oxygens (including phenoxy) is 1. The van der Waals surface area contributed by atoms with Crippen LogP contribution in [-0.4, -0.2) is 12.0 Å². The molecule has 2 rings (SSSR count). The fraction of sp³-hybridized carbons (Fsp3) is 0.286. The van der Waals surface area contributed by atoms with Gasteiger partial charge < -0.3 is 10.1 Å². The van der Waals surface area contributed by atoms with E-state index < -0.39 is 4.92 Å². The number of aryl methyl sites for hydroxylation is 1. The molecule has 0 aliphatic carbocycles. The summed E-state index contributed by atoms with van der Waals surface area (Å²) in [6.07, 6.45) is 0.959. The molecule has 0 aliphatic rings. The molecule has 0 spiro atoms. The summed E-state index contributed by atoms with van der Waals surface area (Å²) in [5, 5.41) is 16.3. The third-order valence-corrected chi connectivity index (χ3v) is 4.02. The van der Waals surface area contributed by atoms with Crippen LogP contribution in [0.5, 0.6) is 5.75 Å². The van der Waals surface area contributed by atoms with E-state index in [1.54, 1.807) is 29.5 Å². The van der Waals surface area contributed by atoms with Crippen LogP contribution < -0.4 is 10.1 Å². The molecule has 0 aliphatic heterocycles. The van der Waals surface area contributed by atoms with Crippen molar-refractivity contribution in [1.82, 2.24) is 0 Å². The van der Waals surface area contributed by atoms with Crippen molar-refractivity contribution >= 4 is 22.7 Å². The van der Waals surface area contributed by atoms with Crippen LogP contribution in [-0.2, 0) is 13.0 Å². The molecular formula is C14H16N2O3S. The maximum absolute atomic E-state index is 11.2. The highest BCUT2D eigenvalue weighted by Crippen LogP contribution is 2.35. The minimum atomic E-state index is -0.420. The maximum Gasteiger partial charge on any atom is 0.333 e. The second-order valence-corrected chi connectivity index (χ2v) is 5.19. The van der Waals surface area contributed by atoms with Crippen LogP contribution in [0.25, 0.3) is 0 Å². The van der Waals surface area contributed by atoms with Gasteiger partial charge in [0.2, 0.25) is 0 Å².